The zero-order chi connectivity index (χ0) is 23.6. The largest absolute Gasteiger partial charge is 0.391 e. The van der Waals surface area contributed by atoms with Gasteiger partial charge in [-0.1, -0.05) is 26.8 Å². The van der Waals surface area contributed by atoms with Crippen molar-refractivity contribution in [3.63, 3.8) is 0 Å². The molecule has 32 heavy (non-hydrogen) atoms. The fourth-order valence-corrected chi connectivity index (χ4v) is 4.24. The van der Waals surface area contributed by atoms with Crippen LogP contribution >= 0.6 is 0 Å². The van der Waals surface area contributed by atoms with Gasteiger partial charge in [-0.3, -0.25) is 9.48 Å². The van der Waals surface area contributed by atoms with Gasteiger partial charge in [0.25, 0.3) is 0 Å². The van der Waals surface area contributed by atoms with Gasteiger partial charge < -0.3 is 15.3 Å². The van der Waals surface area contributed by atoms with E-state index in [2.05, 4.69) is 21.3 Å². The summed E-state index contributed by atoms with van der Waals surface area (Å²) in [6.45, 7) is 8.20. The third-order valence-electron chi connectivity index (χ3n) is 6.02. The molecule has 2 aromatic rings. The number of halogens is 1. The molecule has 1 aromatic carbocycles. The van der Waals surface area contributed by atoms with E-state index in [-0.39, 0.29) is 41.9 Å². The lowest BCUT2D eigenvalue weighted by molar-refractivity contribution is -0.138. The molecule has 9 heteroatoms. The number of amides is 1. The zero-order valence-corrected chi connectivity index (χ0v) is 19.7. The molecule has 0 bridgehead atoms. The number of β-amino-alcohol motifs (C(OH)–C–C–N with tert-alkyl or cyclic N) is 1. The number of nitrogens with one attached hydrogen (secondary N) is 3. The molecule has 4 N–H and O–H groups in total. The molecule has 3 rings (SSSR count). The third-order valence-corrected chi connectivity index (χ3v) is 6.02. The second-order valence-electron chi connectivity index (χ2n) is 9.57. The Bertz CT molecular complexity index is 941. The number of aliphatic hydroxyl groups is 1. The zero-order valence-electron chi connectivity index (χ0n) is 19.7. The molecule has 8 nitrogen and oxygen atoms in total. The van der Waals surface area contributed by atoms with Crippen molar-refractivity contribution in [2.45, 2.75) is 58.5 Å². The summed E-state index contributed by atoms with van der Waals surface area (Å²) in [6, 6.07) is 6.30. The van der Waals surface area contributed by atoms with Crippen molar-refractivity contribution in [1.29, 1.82) is 0 Å². The van der Waals surface area contributed by atoms with E-state index in [9.17, 15) is 14.3 Å². The highest BCUT2D eigenvalue weighted by atomic mass is 19.1. The van der Waals surface area contributed by atoms with Crippen molar-refractivity contribution in [2.24, 2.45) is 12.5 Å². The van der Waals surface area contributed by atoms with Gasteiger partial charge in [0.2, 0.25) is 5.91 Å². The van der Waals surface area contributed by atoms with Gasteiger partial charge in [-0.05, 0) is 43.1 Å². The normalized spacial score (nSPS) is 21.1. The molecule has 1 amide bonds. The molecule has 0 saturated carbocycles. The molecule has 2 heterocycles. The molecular weight excluding hydrogens is 411 g/mol. The van der Waals surface area contributed by atoms with Gasteiger partial charge in [-0.15, -0.1) is 0 Å². The number of aryl methyl sites for hydroxylation is 1. The van der Waals surface area contributed by atoms with E-state index >= 15 is 0 Å². The Hall–Kier alpha value is -2.33. The minimum atomic E-state index is -0.596. The van der Waals surface area contributed by atoms with E-state index < -0.39 is 6.10 Å². The molecule has 4 atom stereocenters. The van der Waals surface area contributed by atoms with Crippen molar-refractivity contribution < 1.29 is 14.3 Å². The first-order chi connectivity index (χ1) is 15.0. The van der Waals surface area contributed by atoms with Crippen LogP contribution in [0.25, 0.3) is 11.3 Å². The number of likely N-dealkylation sites (N-methyl/N-ethyl adjacent to an activating group) is 1. The second kappa shape index (κ2) is 9.66. The fourth-order valence-electron chi connectivity index (χ4n) is 4.24. The second-order valence-corrected chi connectivity index (χ2v) is 9.57. The summed E-state index contributed by atoms with van der Waals surface area (Å²) in [5, 5.41) is 17.4. The molecule has 0 radical (unpaired) electrons. The van der Waals surface area contributed by atoms with E-state index in [1.807, 2.05) is 33.8 Å². The molecule has 1 aliphatic heterocycles. The van der Waals surface area contributed by atoms with Gasteiger partial charge in [-0.25, -0.2) is 15.2 Å². The first-order valence-corrected chi connectivity index (χ1v) is 11.0. The van der Waals surface area contributed by atoms with E-state index in [1.54, 1.807) is 42.0 Å². The average molecular weight is 447 g/mol. The van der Waals surface area contributed by atoms with Crippen LogP contribution in [0.3, 0.4) is 0 Å². The van der Waals surface area contributed by atoms with Crippen LogP contribution in [0.5, 0.6) is 0 Å². The lowest BCUT2D eigenvalue weighted by Crippen LogP contribution is -2.57. The molecule has 1 aliphatic rings. The van der Waals surface area contributed by atoms with Crippen LogP contribution < -0.4 is 16.2 Å². The van der Waals surface area contributed by atoms with Crippen LogP contribution in [0.1, 0.15) is 45.7 Å². The average Bonchev–Trinajstić information content (AvgIpc) is 3.30. The Kier molecular flexibility index (Phi) is 7.34. The number of likely N-dealkylation sites (tertiary alicyclic amines) is 1. The predicted octanol–water partition coefficient (Wildman–Crippen LogP) is 1.93. The van der Waals surface area contributed by atoms with Crippen LogP contribution in [0.15, 0.2) is 30.5 Å². The topological polar surface area (TPSA) is 94.5 Å². The van der Waals surface area contributed by atoms with Gasteiger partial charge in [-0.2, -0.15) is 5.10 Å². The predicted molar refractivity (Wildman–Crippen MR) is 122 cm³/mol. The number of nitrogens with zero attached hydrogens (tertiary/aromatic N) is 3. The van der Waals surface area contributed by atoms with Gasteiger partial charge >= 0.3 is 0 Å². The van der Waals surface area contributed by atoms with Crippen molar-refractivity contribution in [2.75, 3.05) is 13.6 Å². The number of carbonyl (C=O) groups is 1. The maximum absolute atomic E-state index is 14.8. The number of carbonyl (C=O) groups excluding carboxylic acids is 1. The Balaban J connectivity index is 1.68. The number of hydrazine groups is 1. The van der Waals surface area contributed by atoms with Crippen LogP contribution in [0.4, 0.5) is 4.39 Å². The quantitative estimate of drug-likeness (QED) is 0.486. The lowest BCUT2D eigenvalue weighted by Gasteiger charge is -2.35. The van der Waals surface area contributed by atoms with Gasteiger partial charge in [0.1, 0.15) is 5.82 Å². The maximum atomic E-state index is 14.8. The van der Waals surface area contributed by atoms with Crippen LogP contribution in [0.2, 0.25) is 0 Å². The van der Waals surface area contributed by atoms with Gasteiger partial charge in [0.05, 0.1) is 24.0 Å². The minimum Gasteiger partial charge on any atom is -0.391 e. The fraction of sp³-hybridized carbons (Fsp3) is 0.565. The van der Waals surface area contributed by atoms with Crippen molar-refractivity contribution in [3.8, 4) is 11.3 Å². The molecule has 1 fully saturated rings. The summed E-state index contributed by atoms with van der Waals surface area (Å²) in [5.41, 5.74) is 8.05. The molecule has 176 valence electrons. The third kappa shape index (κ3) is 5.17. The van der Waals surface area contributed by atoms with Crippen LogP contribution in [-0.2, 0) is 11.8 Å². The van der Waals surface area contributed by atoms with Crippen molar-refractivity contribution in [1.82, 2.24) is 30.8 Å². The smallest absolute Gasteiger partial charge is 0.241 e. The number of benzene rings is 1. The van der Waals surface area contributed by atoms with E-state index in [0.717, 1.165) is 5.56 Å². The monoisotopic (exact) mass is 446 g/mol. The number of hydrogen-bond donors (Lipinski definition) is 4. The SMILES string of the molecule is CN[C@H](C(=O)N1C[C@H](O)C[C@H]1NN[C@@H](C)c1ccc(-c2ccnn2C)c(F)c1)C(C)(C)C. The maximum Gasteiger partial charge on any atom is 0.241 e. The van der Waals surface area contributed by atoms with Crippen LogP contribution in [-0.4, -0.2) is 57.6 Å². The molecule has 0 unspecified atom stereocenters. The van der Waals surface area contributed by atoms with E-state index in [4.69, 9.17) is 0 Å². The molecule has 1 saturated heterocycles. The molecule has 1 aromatic heterocycles. The van der Waals surface area contributed by atoms with Gasteiger partial charge in [0.15, 0.2) is 0 Å². The summed E-state index contributed by atoms with van der Waals surface area (Å²) >= 11 is 0. The van der Waals surface area contributed by atoms with Crippen molar-refractivity contribution >= 4 is 5.91 Å². The highest BCUT2D eigenvalue weighted by Gasteiger charge is 2.40. The lowest BCUT2D eigenvalue weighted by atomic mass is 9.86. The summed E-state index contributed by atoms with van der Waals surface area (Å²) in [4.78, 5) is 14.8. The summed E-state index contributed by atoms with van der Waals surface area (Å²) in [7, 11) is 3.55. The Morgan fingerprint density at radius 3 is 2.59 bits per heavy atom. The number of aromatic nitrogens is 2. The van der Waals surface area contributed by atoms with Gasteiger partial charge in [0, 0.05) is 37.8 Å². The van der Waals surface area contributed by atoms with Crippen molar-refractivity contribution in [3.05, 3.63) is 41.8 Å². The summed E-state index contributed by atoms with van der Waals surface area (Å²) < 4.78 is 16.4. The first kappa shape index (κ1) is 24.3. The summed E-state index contributed by atoms with van der Waals surface area (Å²) in [6.07, 6.45) is 1.09. The number of aliphatic hydroxyl groups excluding tert-OH is 1. The van der Waals surface area contributed by atoms with E-state index in [1.165, 1.54) is 6.07 Å². The molecular formula is C23H35FN6O2. The summed E-state index contributed by atoms with van der Waals surface area (Å²) in [5.74, 6) is -0.384. The Morgan fingerprint density at radius 1 is 1.31 bits per heavy atom. The highest BCUT2D eigenvalue weighted by molar-refractivity contribution is 5.83. The number of rotatable bonds is 7. The number of hydrogen-bond acceptors (Lipinski definition) is 6. The minimum absolute atomic E-state index is 0.0601. The first-order valence-electron chi connectivity index (χ1n) is 11.0. The standard InChI is InChI=1S/C23H35FN6O2/c1-14(15-7-8-17(18(24)11-15)19-9-10-26-29(19)6)27-28-20-12-16(31)13-30(20)22(32)21(25-5)23(2,3)4/h7-11,14,16,20-21,25,27-28,31H,12-13H2,1-6H3/t14-,16+,20-,21+/m0/s1. The van der Waals surface area contributed by atoms with E-state index in [0.29, 0.717) is 17.7 Å². The van der Waals surface area contributed by atoms with Crippen LogP contribution in [0, 0.1) is 11.2 Å². The Labute approximate surface area is 189 Å². The molecule has 0 spiro atoms. The molecule has 0 aliphatic carbocycles. The Morgan fingerprint density at radius 2 is 2.03 bits per heavy atom. The highest BCUT2D eigenvalue weighted by Crippen LogP contribution is 2.26.